The quantitative estimate of drug-likeness (QED) is 0.347. The Labute approximate surface area is 129 Å². The third-order valence-corrected chi connectivity index (χ3v) is 4.15. The highest BCUT2D eigenvalue weighted by Crippen LogP contribution is 2.14. The summed E-state index contributed by atoms with van der Waals surface area (Å²) in [7, 11) is 0. The van der Waals surface area contributed by atoms with Gasteiger partial charge in [0.25, 0.3) is 0 Å². The minimum absolute atomic E-state index is 0.758. The van der Waals surface area contributed by atoms with Crippen LogP contribution in [0.15, 0.2) is 0 Å². The summed E-state index contributed by atoms with van der Waals surface area (Å²) in [6.07, 6.45) is 17.1. The molecular weight excluding hydrogens is 242 g/mol. The second-order valence-electron chi connectivity index (χ2n) is 6.85. The van der Waals surface area contributed by atoms with Gasteiger partial charge in [-0.15, -0.1) is 0 Å². The van der Waals surface area contributed by atoms with Gasteiger partial charge in [-0.25, -0.2) is 0 Å². The van der Waals surface area contributed by atoms with Gasteiger partial charge < -0.3 is 5.32 Å². The summed E-state index contributed by atoms with van der Waals surface area (Å²) in [5, 5.41) is 3.64. The molecule has 0 aromatic heterocycles. The summed E-state index contributed by atoms with van der Waals surface area (Å²) >= 11 is 0. The van der Waals surface area contributed by atoms with Crippen molar-refractivity contribution in [2.45, 2.75) is 111 Å². The van der Waals surface area contributed by atoms with Crippen molar-refractivity contribution in [1.82, 2.24) is 5.32 Å². The molecular formula is C19H41N. The van der Waals surface area contributed by atoms with Crippen LogP contribution in [0, 0.1) is 5.92 Å². The molecule has 20 heavy (non-hydrogen) atoms. The van der Waals surface area contributed by atoms with Gasteiger partial charge in [0.1, 0.15) is 0 Å². The average molecular weight is 284 g/mol. The first-order valence-corrected chi connectivity index (χ1v) is 9.44. The van der Waals surface area contributed by atoms with Crippen molar-refractivity contribution >= 4 is 0 Å². The summed E-state index contributed by atoms with van der Waals surface area (Å²) < 4.78 is 0. The molecule has 0 saturated heterocycles. The van der Waals surface area contributed by atoms with E-state index in [4.69, 9.17) is 0 Å². The number of hydrogen-bond donors (Lipinski definition) is 1. The highest BCUT2D eigenvalue weighted by Gasteiger charge is 2.08. The van der Waals surface area contributed by atoms with Gasteiger partial charge in [-0.05, 0) is 25.3 Å². The molecule has 1 N–H and O–H groups in total. The van der Waals surface area contributed by atoms with E-state index in [9.17, 15) is 0 Å². The van der Waals surface area contributed by atoms with Gasteiger partial charge in [0.05, 0.1) is 0 Å². The molecule has 0 heterocycles. The van der Waals surface area contributed by atoms with Gasteiger partial charge in [0.2, 0.25) is 0 Å². The molecule has 0 aliphatic heterocycles. The Bertz CT molecular complexity index is 177. The molecule has 0 radical (unpaired) electrons. The lowest BCUT2D eigenvalue weighted by molar-refractivity contribution is 0.390. The van der Waals surface area contributed by atoms with Crippen molar-refractivity contribution in [2.75, 3.05) is 6.54 Å². The molecule has 0 spiro atoms. The first-order valence-electron chi connectivity index (χ1n) is 9.44. The molecule has 0 aliphatic carbocycles. The van der Waals surface area contributed by atoms with Gasteiger partial charge in [0.15, 0.2) is 0 Å². The molecule has 122 valence electrons. The Hall–Kier alpha value is -0.0400. The molecule has 0 amide bonds. The topological polar surface area (TPSA) is 12.0 Å². The highest BCUT2D eigenvalue weighted by atomic mass is 14.9. The van der Waals surface area contributed by atoms with E-state index in [1.54, 1.807) is 0 Å². The maximum absolute atomic E-state index is 3.64. The zero-order valence-corrected chi connectivity index (χ0v) is 14.8. The summed E-state index contributed by atoms with van der Waals surface area (Å²) in [6, 6.07) is 0.758. The van der Waals surface area contributed by atoms with Crippen molar-refractivity contribution in [3.63, 3.8) is 0 Å². The number of rotatable bonds is 15. The van der Waals surface area contributed by atoms with Gasteiger partial charge >= 0.3 is 0 Å². The van der Waals surface area contributed by atoms with Gasteiger partial charge in [-0.2, -0.15) is 0 Å². The van der Waals surface area contributed by atoms with Crippen LogP contribution in [0.4, 0.5) is 0 Å². The first kappa shape index (κ1) is 20.0. The van der Waals surface area contributed by atoms with E-state index in [-0.39, 0.29) is 0 Å². The molecule has 0 rings (SSSR count). The van der Waals surface area contributed by atoms with E-state index < -0.39 is 0 Å². The van der Waals surface area contributed by atoms with Crippen molar-refractivity contribution in [3.05, 3.63) is 0 Å². The van der Waals surface area contributed by atoms with Crippen molar-refractivity contribution in [1.29, 1.82) is 0 Å². The molecule has 0 aliphatic rings. The summed E-state index contributed by atoms with van der Waals surface area (Å²) in [5.41, 5.74) is 0. The number of nitrogens with one attached hydrogen (secondary N) is 1. The summed E-state index contributed by atoms with van der Waals surface area (Å²) in [4.78, 5) is 0. The lowest BCUT2D eigenvalue weighted by Gasteiger charge is -2.19. The molecule has 1 nitrogen and oxygen atoms in total. The van der Waals surface area contributed by atoms with Crippen molar-refractivity contribution in [3.8, 4) is 0 Å². The standard InChI is InChI=1S/C19H41N/c1-5-7-8-9-10-11-12-13-14-15-16-19(20-6-2)17-18(3)4/h18-20H,5-17H2,1-4H3. The highest BCUT2D eigenvalue weighted by molar-refractivity contribution is 4.68. The average Bonchev–Trinajstić information content (AvgIpc) is 2.40. The molecule has 0 aromatic carbocycles. The van der Waals surface area contributed by atoms with Crippen LogP contribution >= 0.6 is 0 Å². The maximum Gasteiger partial charge on any atom is 0.00693 e. The van der Waals surface area contributed by atoms with E-state index in [2.05, 4.69) is 33.0 Å². The molecule has 1 heteroatoms. The van der Waals surface area contributed by atoms with Gasteiger partial charge in [0, 0.05) is 6.04 Å². The summed E-state index contributed by atoms with van der Waals surface area (Å²) in [6.45, 7) is 10.3. The van der Waals surface area contributed by atoms with E-state index in [0.29, 0.717) is 0 Å². The second kappa shape index (κ2) is 15.4. The van der Waals surface area contributed by atoms with Crippen molar-refractivity contribution < 1.29 is 0 Å². The predicted molar refractivity (Wildman–Crippen MR) is 93.4 cm³/mol. The minimum atomic E-state index is 0.758. The molecule has 0 fully saturated rings. The molecule has 1 unspecified atom stereocenters. The van der Waals surface area contributed by atoms with Crippen LogP contribution in [0.5, 0.6) is 0 Å². The fourth-order valence-corrected chi connectivity index (χ4v) is 3.04. The fraction of sp³-hybridized carbons (Fsp3) is 1.00. The van der Waals surface area contributed by atoms with Gasteiger partial charge in [-0.1, -0.05) is 91.9 Å². The van der Waals surface area contributed by atoms with E-state index >= 15 is 0 Å². The van der Waals surface area contributed by atoms with Crippen LogP contribution < -0.4 is 5.32 Å². The fourth-order valence-electron chi connectivity index (χ4n) is 3.04. The predicted octanol–water partition coefficient (Wildman–Crippen LogP) is 6.32. The lowest BCUT2D eigenvalue weighted by Crippen LogP contribution is -2.30. The Morgan fingerprint density at radius 2 is 1.20 bits per heavy atom. The van der Waals surface area contributed by atoms with Crippen LogP contribution in [-0.2, 0) is 0 Å². The SMILES string of the molecule is CCCCCCCCCCCCC(CC(C)C)NCC. The number of unbranched alkanes of at least 4 members (excludes halogenated alkanes) is 9. The smallest absolute Gasteiger partial charge is 0.00693 e. The normalized spacial score (nSPS) is 13.1. The van der Waals surface area contributed by atoms with Crippen LogP contribution in [0.25, 0.3) is 0 Å². The zero-order chi connectivity index (χ0) is 15.1. The third kappa shape index (κ3) is 14.4. The van der Waals surface area contributed by atoms with Crippen LogP contribution in [0.2, 0.25) is 0 Å². The second-order valence-corrected chi connectivity index (χ2v) is 6.85. The molecule has 0 saturated carbocycles. The van der Waals surface area contributed by atoms with E-state index in [1.165, 1.54) is 77.0 Å². The van der Waals surface area contributed by atoms with Crippen LogP contribution in [0.1, 0.15) is 105 Å². The largest absolute Gasteiger partial charge is 0.314 e. The Kier molecular flexibility index (Phi) is 15.3. The first-order chi connectivity index (χ1) is 9.70. The van der Waals surface area contributed by atoms with E-state index in [0.717, 1.165) is 18.5 Å². The molecule has 0 bridgehead atoms. The summed E-state index contributed by atoms with van der Waals surface area (Å²) in [5.74, 6) is 0.821. The van der Waals surface area contributed by atoms with Gasteiger partial charge in [-0.3, -0.25) is 0 Å². The number of hydrogen-bond acceptors (Lipinski definition) is 1. The zero-order valence-electron chi connectivity index (χ0n) is 14.8. The molecule has 0 aromatic rings. The third-order valence-electron chi connectivity index (χ3n) is 4.15. The van der Waals surface area contributed by atoms with E-state index in [1.807, 2.05) is 0 Å². The van der Waals surface area contributed by atoms with Crippen LogP contribution in [0.3, 0.4) is 0 Å². The van der Waals surface area contributed by atoms with Crippen LogP contribution in [-0.4, -0.2) is 12.6 Å². The Morgan fingerprint density at radius 3 is 1.65 bits per heavy atom. The monoisotopic (exact) mass is 283 g/mol. The Balaban J connectivity index is 3.31. The maximum atomic E-state index is 3.64. The molecule has 1 atom stereocenters. The lowest BCUT2D eigenvalue weighted by atomic mass is 9.98. The minimum Gasteiger partial charge on any atom is -0.314 e. The van der Waals surface area contributed by atoms with Crippen molar-refractivity contribution in [2.24, 2.45) is 5.92 Å². The Morgan fingerprint density at radius 1 is 0.700 bits per heavy atom.